The molecule has 0 aliphatic heterocycles. The lowest BCUT2D eigenvalue weighted by Crippen LogP contribution is -2.03. The number of aromatic nitrogens is 2. The fourth-order valence-electron chi connectivity index (χ4n) is 5.52. The number of hydrogen-bond donors (Lipinski definition) is 0. The fraction of sp³-hybridized carbons (Fsp3) is 0.0571. The first-order valence-electron chi connectivity index (χ1n) is 15.0. The van der Waals surface area contributed by atoms with Gasteiger partial charge in [0, 0.05) is 12.0 Å². The molecule has 2 nitrogen and oxygen atoms in total. The number of hydrogen-bond acceptors (Lipinski definition) is 1. The summed E-state index contributed by atoms with van der Waals surface area (Å²) in [6.07, 6.45) is 0.763. The predicted molar refractivity (Wildman–Crippen MR) is 156 cm³/mol. The molecule has 2 heteroatoms. The lowest BCUT2D eigenvalue weighted by atomic mass is 9.85. The monoisotopic (exact) mass is 479 g/mol. The van der Waals surface area contributed by atoms with Gasteiger partial charge in [-0.1, -0.05) is 116 Å². The van der Waals surface area contributed by atoms with Crippen LogP contribution in [-0.4, -0.2) is 9.55 Å². The van der Waals surface area contributed by atoms with Gasteiger partial charge in [-0.2, -0.15) is 0 Å². The van der Waals surface area contributed by atoms with Crippen LogP contribution in [0.15, 0.2) is 127 Å². The summed E-state index contributed by atoms with van der Waals surface area (Å²) in [4.78, 5) is 4.93. The Kier molecular flexibility index (Phi) is 4.00. The molecule has 0 atom stereocenters. The van der Waals surface area contributed by atoms with Gasteiger partial charge in [0.1, 0.15) is 5.82 Å². The standard InChI is InChI=1S/C35H26N2/c1-2-33-36-30-21-11-13-23-32(30)37(33)31-22-12-10-20-29(31)35-27-18-8-6-16-25(27)34(24-14-4-3-5-15-24)26-17-7-9-19-28(26)35/h3-23H,2H2,1H3/i3D,4D,5D,14D,15D. The highest BCUT2D eigenvalue weighted by molar-refractivity contribution is 6.22. The molecule has 0 saturated carbocycles. The van der Waals surface area contributed by atoms with E-state index >= 15 is 0 Å². The summed E-state index contributed by atoms with van der Waals surface area (Å²) in [5.41, 5.74) is 5.88. The molecule has 176 valence electrons. The van der Waals surface area contributed by atoms with Crippen molar-refractivity contribution >= 4 is 32.6 Å². The lowest BCUT2D eigenvalue weighted by Gasteiger charge is -2.20. The lowest BCUT2D eigenvalue weighted by molar-refractivity contribution is 0.909. The van der Waals surface area contributed by atoms with Gasteiger partial charge in [0.15, 0.2) is 0 Å². The number of para-hydroxylation sites is 3. The molecule has 0 bridgehead atoms. The molecule has 1 aromatic heterocycles. The normalized spacial score (nSPS) is 13.4. The van der Waals surface area contributed by atoms with Gasteiger partial charge in [0.25, 0.3) is 0 Å². The predicted octanol–water partition coefficient (Wildman–Crippen LogP) is 9.23. The minimum atomic E-state index is -0.396. The third-order valence-corrected chi connectivity index (χ3v) is 7.04. The average molecular weight is 480 g/mol. The van der Waals surface area contributed by atoms with Crippen LogP contribution < -0.4 is 0 Å². The summed E-state index contributed by atoms with van der Waals surface area (Å²) in [7, 11) is 0. The number of fused-ring (bicyclic) bond motifs is 3. The van der Waals surface area contributed by atoms with Crippen molar-refractivity contribution in [3.05, 3.63) is 133 Å². The van der Waals surface area contributed by atoms with E-state index in [9.17, 15) is 0 Å². The maximum atomic E-state index is 8.81. The molecule has 0 amide bonds. The highest BCUT2D eigenvalue weighted by atomic mass is 15.1. The highest BCUT2D eigenvalue weighted by Crippen LogP contribution is 2.45. The number of nitrogens with zero attached hydrogens (tertiary/aromatic N) is 2. The van der Waals surface area contributed by atoms with Gasteiger partial charge in [-0.25, -0.2) is 4.98 Å². The zero-order valence-corrected chi connectivity index (χ0v) is 20.3. The molecule has 0 radical (unpaired) electrons. The van der Waals surface area contributed by atoms with E-state index in [1.54, 1.807) is 0 Å². The first kappa shape index (κ1) is 16.9. The Morgan fingerprint density at radius 3 is 1.89 bits per heavy atom. The van der Waals surface area contributed by atoms with Crippen molar-refractivity contribution < 1.29 is 6.85 Å². The largest absolute Gasteiger partial charge is 0.296 e. The minimum absolute atomic E-state index is 0.207. The van der Waals surface area contributed by atoms with Crippen LogP contribution in [0.1, 0.15) is 19.6 Å². The molecule has 0 spiro atoms. The summed E-state index contributed by atoms with van der Waals surface area (Å²) in [5.74, 6) is 0.966. The molecule has 6 aromatic carbocycles. The van der Waals surface area contributed by atoms with Crippen molar-refractivity contribution in [2.45, 2.75) is 13.3 Å². The SMILES string of the molecule is [2H]c1c([2H])c([2H])c(-c2c3ccccc3c(-c3ccccc3-n3c(CC)nc4ccccc43)c3ccccc23)c([2H])c1[2H]. The van der Waals surface area contributed by atoms with Gasteiger partial charge in [0.2, 0.25) is 0 Å². The van der Waals surface area contributed by atoms with Gasteiger partial charge in [-0.15, -0.1) is 0 Å². The van der Waals surface area contributed by atoms with E-state index in [2.05, 4.69) is 41.8 Å². The van der Waals surface area contributed by atoms with Crippen LogP contribution in [0.2, 0.25) is 0 Å². The summed E-state index contributed by atoms with van der Waals surface area (Å²) >= 11 is 0. The van der Waals surface area contributed by atoms with Crippen LogP contribution >= 0.6 is 0 Å². The van der Waals surface area contributed by atoms with E-state index in [-0.39, 0.29) is 29.7 Å². The number of rotatable bonds is 4. The Morgan fingerprint density at radius 1 is 0.649 bits per heavy atom. The highest BCUT2D eigenvalue weighted by Gasteiger charge is 2.20. The molecule has 0 aliphatic rings. The van der Waals surface area contributed by atoms with Gasteiger partial charge in [0.05, 0.1) is 23.6 Å². The number of benzene rings is 6. The number of aryl methyl sites for hydroxylation is 1. The van der Waals surface area contributed by atoms with Gasteiger partial charge < -0.3 is 0 Å². The summed E-state index contributed by atoms with van der Waals surface area (Å²) in [6.45, 7) is 2.11. The second-order valence-electron chi connectivity index (χ2n) is 9.06. The Morgan fingerprint density at radius 2 is 1.22 bits per heavy atom. The van der Waals surface area contributed by atoms with Crippen molar-refractivity contribution in [3.63, 3.8) is 0 Å². The second kappa shape index (κ2) is 8.76. The topological polar surface area (TPSA) is 17.8 Å². The van der Waals surface area contributed by atoms with Crippen LogP contribution in [0.4, 0.5) is 0 Å². The third kappa shape index (κ3) is 3.37. The van der Waals surface area contributed by atoms with Gasteiger partial charge in [-0.3, -0.25) is 4.57 Å². The first-order chi connectivity index (χ1) is 20.4. The summed E-state index contributed by atoms with van der Waals surface area (Å²) in [5, 5.41) is 3.53. The first-order valence-corrected chi connectivity index (χ1v) is 12.5. The molecule has 1 heterocycles. The fourth-order valence-corrected chi connectivity index (χ4v) is 5.52. The molecule has 0 fully saturated rings. The van der Waals surface area contributed by atoms with Crippen LogP contribution in [0, 0.1) is 0 Å². The Hall–Kier alpha value is -4.69. The van der Waals surface area contributed by atoms with E-state index in [1.807, 2.05) is 66.7 Å². The Balaban J connectivity index is 1.65. The molecule has 7 aromatic rings. The van der Waals surface area contributed by atoms with Crippen molar-refractivity contribution in [2.24, 2.45) is 0 Å². The smallest absolute Gasteiger partial charge is 0.114 e. The third-order valence-electron chi connectivity index (χ3n) is 7.04. The van der Waals surface area contributed by atoms with E-state index in [0.717, 1.165) is 61.6 Å². The van der Waals surface area contributed by atoms with Gasteiger partial charge in [-0.05, 0) is 56.4 Å². The van der Waals surface area contributed by atoms with Crippen LogP contribution in [0.3, 0.4) is 0 Å². The molecule has 0 aliphatic carbocycles. The maximum absolute atomic E-state index is 8.81. The molecule has 0 N–H and O–H groups in total. The quantitative estimate of drug-likeness (QED) is 0.230. The second-order valence-corrected chi connectivity index (χ2v) is 9.06. The average Bonchev–Trinajstić information content (AvgIpc) is 3.41. The molecule has 37 heavy (non-hydrogen) atoms. The van der Waals surface area contributed by atoms with E-state index in [4.69, 9.17) is 11.8 Å². The molecular weight excluding hydrogens is 448 g/mol. The summed E-state index contributed by atoms with van der Waals surface area (Å²) in [6, 6.07) is 30.9. The van der Waals surface area contributed by atoms with E-state index in [1.165, 1.54) is 0 Å². The van der Waals surface area contributed by atoms with Crippen molar-refractivity contribution in [2.75, 3.05) is 0 Å². The van der Waals surface area contributed by atoms with Gasteiger partial charge >= 0.3 is 0 Å². The zero-order valence-electron chi connectivity index (χ0n) is 25.3. The Labute approximate surface area is 223 Å². The summed E-state index contributed by atoms with van der Waals surface area (Å²) < 4.78 is 44.7. The van der Waals surface area contributed by atoms with Crippen molar-refractivity contribution in [1.82, 2.24) is 9.55 Å². The maximum Gasteiger partial charge on any atom is 0.114 e. The van der Waals surface area contributed by atoms with E-state index < -0.39 is 6.04 Å². The van der Waals surface area contributed by atoms with Crippen LogP contribution in [0.25, 0.3) is 60.5 Å². The van der Waals surface area contributed by atoms with Crippen LogP contribution in [-0.2, 0) is 6.42 Å². The Bertz CT molecular complexity index is 2110. The molecule has 0 saturated heterocycles. The molecular formula is C35H26N2. The molecule has 7 rings (SSSR count). The van der Waals surface area contributed by atoms with Crippen molar-refractivity contribution in [3.8, 4) is 27.9 Å². The van der Waals surface area contributed by atoms with E-state index in [0.29, 0.717) is 5.56 Å². The minimum Gasteiger partial charge on any atom is -0.296 e. The van der Waals surface area contributed by atoms with Crippen LogP contribution in [0.5, 0.6) is 0 Å². The molecule has 0 unspecified atom stereocenters. The number of imidazole rings is 1. The van der Waals surface area contributed by atoms with Crippen molar-refractivity contribution in [1.29, 1.82) is 0 Å². The zero-order chi connectivity index (χ0) is 29.1.